The van der Waals surface area contributed by atoms with Crippen LogP contribution in [-0.4, -0.2) is 27.8 Å². The van der Waals surface area contributed by atoms with Gasteiger partial charge in [0.25, 0.3) is 5.91 Å². The molecule has 5 nitrogen and oxygen atoms in total. The van der Waals surface area contributed by atoms with Gasteiger partial charge in [-0.05, 0) is 29.9 Å². The fourth-order valence-electron chi connectivity index (χ4n) is 3.31. The van der Waals surface area contributed by atoms with Crippen molar-refractivity contribution in [3.63, 3.8) is 0 Å². The Bertz CT molecular complexity index is 1060. The normalized spacial score (nSPS) is 18.6. The Morgan fingerprint density at radius 1 is 1.00 bits per heavy atom. The number of aromatic nitrogens is 1. The van der Waals surface area contributed by atoms with Gasteiger partial charge in [0, 0.05) is 11.6 Å². The number of ketones is 1. The van der Waals surface area contributed by atoms with E-state index in [1.54, 1.807) is 12.3 Å². The van der Waals surface area contributed by atoms with Crippen LogP contribution < -0.4 is 5.32 Å². The Balaban J connectivity index is 1.59. The smallest absolute Gasteiger partial charge is 0.259 e. The Morgan fingerprint density at radius 2 is 1.70 bits per heavy atom. The van der Waals surface area contributed by atoms with Gasteiger partial charge in [-0.2, -0.15) is 0 Å². The van der Waals surface area contributed by atoms with Crippen molar-refractivity contribution in [2.24, 2.45) is 0 Å². The van der Waals surface area contributed by atoms with Gasteiger partial charge in [0.15, 0.2) is 11.5 Å². The van der Waals surface area contributed by atoms with Crippen LogP contribution in [0.3, 0.4) is 0 Å². The number of rotatable bonds is 4. The third-order valence-electron chi connectivity index (χ3n) is 4.77. The summed E-state index contributed by atoms with van der Waals surface area (Å²) in [4.78, 5) is 29.2. The van der Waals surface area contributed by atoms with Crippen LogP contribution in [0.2, 0.25) is 0 Å². The number of aryl methyl sites for hydroxylation is 1. The number of amides is 1. The van der Waals surface area contributed by atoms with E-state index in [1.807, 2.05) is 54.6 Å². The number of aliphatic hydroxyl groups is 1. The fourth-order valence-corrected chi connectivity index (χ4v) is 3.31. The molecule has 0 aliphatic carbocycles. The lowest BCUT2D eigenvalue weighted by atomic mass is 10.0. The molecule has 5 heteroatoms. The van der Waals surface area contributed by atoms with E-state index in [0.717, 1.165) is 16.3 Å². The Labute approximate surface area is 156 Å². The van der Waals surface area contributed by atoms with Crippen molar-refractivity contribution in [2.75, 3.05) is 0 Å². The molecule has 3 aromatic rings. The predicted molar refractivity (Wildman–Crippen MR) is 103 cm³/mol. The highest BCUT2D eigenvalue weighted by atomic mass is 16.3. The van der Waals surface area contributed by atoms with Crippen molar-refractivity contribution >= 4 is 28.2 Å². The lowest BCUT2D eigenvalue weighted by molar-refractivity contribution is -0.117. The van der Waals surface area contributed by atoms with Crippen LogP contribution in [0.25, 0.3) is 16.5 Å². The van der Waals surface area contributed by atoms with Crippen molar-refractivity contribution in [1.82, 2.24) is 10.3 Å². The van der Waals surface area contributed by atoms with E-state index in [4.69, 9.17) is 0 Å². The number of nitrogens with one attached hydrogen (secondary N) is 1. The Kier molecular flexibility index (Phi) is 4.42. The van der Waals surface area contributed by atoms with Crippen molar-refractivity contribution in [2.45, 2.75) is 18.9 Å². The van der Waals surface area contributed by atoms with E-state index < -0.39 is 11.9 Å². The van der Waals surface area contributed by atoms with E-state index >= 15 is 0 Å². The number of carbonyl (C=O) groups excluding carboxylic acids is 2. The number of hydrogen-bond acceptors (Lipinski definition) is 4. The van der Waals surface area contributed by atoms with Crippen LogP contribution in [-0.2, 0) is 16.0 Å². The highest BCUT2D eigenvalue weighted by molar-refractivity contribution is 6.30. The van der Waals surface area contributed by atoms with E-state index in [2.05, 4.69) is 10.3 Å². The third-order valence-corrected chi connectivity index (χ3v) is 4.77. The number of Topliss-reactive ketones (excluding diaryl/α,β-unsaturated/α-hetero) is 1. The zero-order valence-corrected chi connectivity index (χ0v) is 14.6. The van der Waals surface area contributed by atoms with Crippen LogP contribution >= 0.6 is 0 Å². The minimum absolute atomic E-state index is 0.212. The molecule has 1 aromatic heterocycles. The molecule has 27 heavy (non-hydrogen) atoms. The maximum atomic E-state index is 12.7. The summed E-state index contributed by atoms with van der Waals surface area (Å²) in [5, 5.41) is 15.0. The molecule has 4 rings (SSSR count). The lowest BCUT2D eigenvalue weighted by Gasteiger charge is -2.07. The summed E-state index contributed by atoms with van der Waals surface area (Å²) < 4.78 is 0. The monoisotopic (exact) mass is 358 g/mol. The molecule has 1 fully saturated rings. The van der Waals surface area contributed by atoms with Gasteiger partial charge < -0.3 is 10.4 Å². The molecular weight excluding hydrogens is 340 g/mol. The lowest BCUT2D eigenvalue weighted by Crippen LogP contribution is -2.29. The molecule has 0 saturated carbocycles. The highest BCUT2D eigenvalue weighted by Gasteiger charge is 2.38. The van der Waals surface area contributed by atoms with Gasteiger partial charge in [-0.3, -0.25) is 14.6 Å². The number of benzene rings is 2. The summed E-state index contributed by atoms with van der Waals surface area (Å²) in [6.07, 6.45) is 2.77. The van der Waals surface area contributed by atoms with Gasteiger partial charge in [0.05, 0.1) is 6.04 Å². The molecule has 134 valence electrons. The summed E-state index contributed by atoms with van der Waals surface area (Å²) in [5.74, 6) is -1.31. The van der Waals surface area contributed by atoms with E-state index in [1.165, 1.54) is 0 Å². The topological polar surface area (TPSA) is 79.3 Å². The molecule has 2 N–H and O–H groups in total. The van der Waals surface area contributed by atoms with Crippen molar-refractivity contribution in [3.8, 4) is 0 Å². The van der Waals surface area contributed by atoms with Gasteiger partial charge in [-0.1, -0.05) is 54.6 Å². The third kappa shape index (κ3) is 3.31. The maximum absolute atomic E-state index is 12.7. The first kappa shape index (κ1) is 17.0. The number of nitrogens with zero attached hydrogens (tertiary/aromatic N) is 1. The summed E-state index contributed by atoms with van der Waals surface area (Å²) >= 11 is 0. The number of pyridine rings is 1. The van der Waals surface area contributed by atoms with Crippen molar-refractivity contribution < 1.29 is 14.7 Å². The molecule has 0 bridgehead atoms. The second-order valence-corrected chi connectivity index (χ2v) is 6.55. The zero-order chi connectivity index (χ0) is 18.8. The van der Waals surface area contributed by atoms with Crippen LogP contribution in [0.15, 0.2) is 72.4 Å². The summed E-state index contributed by atoms with van der Waals surface area (Å²) in [6.45, 7) is 0. The van der Waals surface area contributed by atoms with Crippen molar-refractivity contribution in [1.29, 1.82) is 0 Å². The highest BCUT2D eigenvalue weighted by Crippen LogP contribution is 2.24. The average molecular weight is 358 g/mol. The summed E-state index contributed by atoms with van der Waals surface area (Å²) in [7, 11) is 0. The van der Waals surface area contributed by atoms with Crippen molar-refractivity contribution in [3.05, 3.63) is 83.7 Å². The van der Waals surface area contributed by atoms with Gasteiger partial charge in [-0.15, -0.1) is 0 Å². The first-order valence-electron chi connectivity index (χ1n) is 8.81. The molecule has 1 aliphatic rings. The van der Waals surface area contributed by atoms with E-state index in [0.29, 0.717) is 12.8 Å². The van der Waals surface area contributed by atoms with Crippen LogP contribution in [0.5, 0.6) is 0 Å². The molecule has 2 aromatic carbocycles. The molecule has 1 unspecified atom stereocenters. The van der Waals surface area contributed by atoms with E-state index in [9.17, 15) is 14.7 Å². The van der Waals surface area contributed by atoms with Crippen LogP contribution in [0.1, 0.15) is 17.7 Å². The van der Waals surface area contributed by atoms with Gasteiger partial charge in [0.1, 0.15) is 11.3 Å². The number of hydrogen-bond donors (Lipinski definition) is 2. The molecular formula is C22H18N2O3. The number of carbonyl (C=O) groups is 2. The summed E-state index contributed by atoms with van der Waals surface area (Å²) in [6, 6.07) is 18.4. The Hall–Kier alpha value is -3.47. The average Bonchev–Trinajstić information content (AvgIpc) is 2.99. The SMILES string of the molecule is O=C1NC(CCc2ccccc2)C(=O)/C1=C(\O)c1cc2ccccc2cn1. The van der Waals surface area contributed by atoms with Crippen LogP contribution in [0.4, 0.5) is 0 Å². The molecule has 1 amide bonds. The maximum Gasteiger partial charge on any atom is 0.259 e. The molecule has 0 spiro atoms. The first-order chi connectivity index (χ1) is 13.1. The summed E-state index contributed by atoms with van der Waals surface area (Å²) in [5.41, 5.74) is 1.10. The molecule has 1 saturated heterocycles. The first-order valence-corrected chi connectivity index (χ1v) is 8.81. The minimum atomic E-state index is -0.629. The number of aliphatic hydroxyl groups excluding tert-OH is 1. The van der Waals surface area contributed by atoms with E-state index in [-0.39, 0.29) is 22.8 Å². The van der Waals surface area contributed by atoms with Crippen LogP contribution in [0, 0.1) is 0 Å². The quantitative estimate of drug-likeness (QED) is 0.426. The molecule has 1 atom stereocenters. The minimum Gasteiger partial charge on any atom is -0.505 e. The molecule has 2 heterocycles. The second kappa shape index (κ2) is 7.03. The zero-order valence-electron chi connectivity index (χ0n) is 14.6. The predicted octanol–water partition coefficient (Wildman–Crippen LogP) is 3.20. The standard InChI is InChI=1S/C22H18N2O3/c25-20-17(11-10-14-6-2-1-3-7-14)24-22(27)19(20)21(26)18-12-15-8-4-5-9-16(15)13-23-18/h1-9,12-13,17,26H,10-11H2,(H,24,27)/b21-19+. The Morgan fingerprint density at radius 3 is 2.48 bits per heavy atom. The fraction of sp³-hybridized carbons (Fsp3) is 0.136. The largest absolute Gasteiger partial charge is 0.505 e. The van der Waals surface area contributed by atoms with Gasteiger partial charge in [0.2, 0.25) is 0 Å². The van der Waals surface area contributed by atoms with Gasteiger partial charge >= 0.3 is 0 Å². The molecule has 1 aliphatic heterocycles. The van der Waals surface area contributed by atoms with Gasteiger partial charge in [-0.25, -0.2) is 0 Å². The molecule has 0 radical (unpaired) electrons. The number of fused-ring (bicyclic) bond motifs is 1. The second-order valence-electron chi connectivity index (χ2n) is 6.55.